The highest BCUT2D eigenvalue weighted by Gasteiger charge is 2.21. The molecule has 1 amide bonds. The summed E-state index contributed by atoms with van der Waals surface area (Å²) < 4.78 is 25.5. The van der Waals surface area contributed by atoms with Crippen LogP contribution >= 0.6 is 11.6 Å². The van der Waals surface area contributed by atoms with Crippen LogP contribution in [0.4, 0.5) is 4.39 Å². The number of nitrogens with zero attached hydrogens (tertiary/aromatic N) is 2. The Labute approximate surface area is 216 Å². The molecule has 7 heteroatoms. The first-order valence-corrected chi connectivity index (χ1v) is 12.3. The summed E-state index contributed by atoms with van der Waals surface area (Å²) in [5, 5.41) is 0.430. The summed E-state index contributed by atoms with van der Waals surface area (Å²) in [5.74, 6) is 1.17. The van der Waals surface area contributed by atoms with E-state index in [1.54, 1.807) is 30.2 Å². The number of carbonyl (C=O) groups is 1. The van der Waals surface area contributed by atoms with Gasteiger partial charge in [-0.3, -0.25) is 9.69 Å². The lowest BCUT2D eigenvalue weighted by atomic mass is 10.1. The van der Waals surface area contributed by atoms with Gasteiger partial charge in [0.2, 0.25) is 5.91 Å². The van der Waals surface area contributed by atoms with Gasteiger partial charge in [-0.1, -0.05) is 41.4 Å². The maximum absolute atomic E-state index is 14.1. The van der Waals surface area contributed by atoms with Gasteiger partial charge in [-0.05, 0) is 55.0 Å². The third kappa shape index (κ3) is 6.65. The zero-order valence-corrected chi connectivity index (χ0v) is 21.3. The van der Waals surface area contributed by atoms with Gasteiger partial charge in [0, 0.05) is 54.9 Å². The van der Waals surface area contributed by atoms with Crippen LogP contribution in [0.15, 0.2) is 66.7 Å². The van der Waals surface area contributed by atoms with Crippen LogP contribution < -0.4 is 9.47 Å². The second-order valence-corrected chi connectivity index (χ2v) is 9.22. The molecule has 1 aliphatic heterocycles. The monoisotopic (exact) mass is 508 g/mol. The quantitative estimate of drug-likeness (QED) is 0.364. The highest BCUT2D eigenvalue weighted by atomic mass is 35.5. The summed E-state index contributed by atoms with van der Waals surface area (Å²) in [6.45, 7) is 5.30. The average Bonchev–Trinajstić information content (AvgIpc) is 2.89. The Balaban J connectivity index is 1.33. The molecule has 0 saturated carbocycles. The van der Waals surface area contributed by atoms with Crippen molar-refractivity contribution >= 4 is 23.6 Å². The molecular weight excluding hydrogens is 479 g/mol. The van der Waals surface area contributed by atoms with Crippen LogP contribution in [-0.2, 0) is 17.9 Å². The second-order valence-electron chi connectivity index (χ2n) is 8.81. The van der Waals surface area contributed by atoms with E-state index in [0.717, 1.165) is 22.6 Å². The Kier molecular flexibility index (Phi) is 8.62. The number of hydrogen-bond donors (Lipinski definition) is 0. The topological polar surface area (TPSA) is 42.0 Å². The Hall–Kier alpha value is -3.35. The van der Waals surface area contributed by atoms with Gasteiger partial charge in [-0.25, -0.2) is 4.39 Å². The molecule has 1 fully saturated rings. The van der Waals surface area contributed by atoms with Crippen LogP contribution in [0.1, 0.15) is 22.3 Å². The summed E-state index contributed by atoms with van der Waals surface area (Å²) in [7, 11) is 1.63. The van der Waals surface area contributed by atoms with Crippen molar-refractivity contribution in [3.05, 3.63) is 99.8 Å². The van der Waals surface area contributed by atoms with Crippen LogP contribution in [0.5, 0.6) is 11.5 Å². The number of benzene rings is 3. The SMILES string of the molecule is COc1ccc(/C=C/C(=O)N2CCN(Cc3c(F)cccc3Cl)CC2)cc1COc1ccc(C)cc1. The van der Waals surface area contributed by atoms with Crippen molar-refractivity contribution in [2.75, 3.05) is 33.3 Å². The van der Waals surface area contributed by atoms with Crippen molar-refractivity contribution in [2.45, 2.75) is 20.1 Å². The van der Waals surface area contributed by atoms with Crippen LogP contribution in [0.25, 0.3) is 6.08 Å². The minimum absolute atomic E-state index is 0.0492. The molecule has 188 valence electrons. The first kappa shape index (κ1) is 25.7. The molecule has 0 aliphatic carbocycles. The number of aryl methyl sites for hydroxylation is 1. The maximum atomic E-state index is 14.1. The third-order valence-corrected chi connectivity index (χ3v) is 6.62. The zero-order chi connectivity index (χ0) is 25.5. The standard InChI is InChI=1S/C29H30ClFN2O3/c1-21-6-10-24(11-7-21)36-20-23-18-22(8-12-28(23)35-2)9-13-29(34)33-16-14-32(15-17-33)19-25-26(30)4-3-5-27(25)31/h3-13,18H,14-17,19-20H2,1-2H3/b13-9+. The predicted octanol–water partition coefficient (Wildman–Crippen LogP) is 5.73. The van der Waals surface area contributed by atoms with E-state index in [0.29, 0.717) is 49.9 Å². The van der Waals surface area contributed by atoms with E-state index in [1.165, 1.54) is 11.6 Å². The fourth-order valence-electron chi connectivity index (χ4n) is 4.12. The number of hydrogen-bond acceptors (Lipinski definition) is 4. The maximum Gasteiger partial charge on any atom is 0.246 e. The molecule has 1 saturated heterocycles. The highest BCUT2D eigenvalue weighted by Crippen LogP contribution is 2.24. The fourth-order valence-corrected chi connectivity index (χ4v) is 4.34. The van der Waals surface area contributed by atoms with Gasteiger partial charge in [-0.2, -0.15) is 0 Å². The molecular formula is C29H30ClFN2O3. The molecule has 1 heterocycles. The van der Waals surface area contributed by atoms with Gasteiger partial charge < -0.3 is 14.4 Å². The molecule has 0 aromatic heterocycles. The van der Waals surface area contributed by atoms with Crippen molar-refractivity contribution in [3.63, 3.8) is 0 Å². The van der Waals surface area contributed by atoms with Crippen molar-refractivity contribution in [1.29, 1.82) is 0 Å². The van der Waals surface area contributed by atoms with Crippen molar-refractivity contribution in [3.8, 4) is 11.5 Å². The molecule has 0 radical (unpaired) electrons. The van der Waals surface area contributed by atoms with Crippen LogP contribution in [0.2, 0.25) is 5.02 Å². The van der Waals surface area contributed by atoms with Crippen LogP contribution in [0.3, 0.4) is 0 Å². The zero-order valence-electron chi connectivity index (χ0n) is 20.5. The minimum Gasteiger partial charge on any atom is -0.496 e. The molecule has 0 N–H and O–H groups in total. The number of rotatable bonds is 8. The normalized spacial score (nSPS) is 14.3. The number of ether oxygens (including phenoxy) is 2. The first-order chi connectivity index (χ1) is 17.4. The molecule has 5 nitrogen and oxygen atoms in total. The van der Waals surface area contributed by atoms with E-state index in [2.05, 4.69) is 4.90 Å². The summed E-state index contributed by atoms with van der Waals surface area (Å²) in [6.07, 6.45) is 3.40. The van der Waals surface area contributed by atoms with Gasteiger partial charge in [0.05, 0.1) is 7.11 Å². The molecule has 0 unspecified atom stereocenters. The molecule has 0 bridgehead atoms. The molecule has 3 aromatic carbocycles. The van der Waals surface area contributed by atoms with E-state index in [4.69, 9.17) is 21.1 Å². The molecule has 3 aromatic rings. The van der Waals surface area contributed by atoms with Gasteiger partial charge in [0.25, 0.3) is 0 Å². The minimum atomic E-state index is -0.299. The van der Waals surface area contributed by atoms with Crippen molar-refractivity contribution < 1.29 is 18.7 Å². The van der Waals surface area contributed by atoms with Gasteiger partial charge in [-0.15, -0.1) is 0 Å². The molecule has 0 spiro atoms. The Morgan fingerprint density at radius 1 is 1.06 bits per heavy atom. The van der Waals surface area contributed by atoms with Crippen molar-refractivity contribution in [1.82, 2.24) is 9.80 Å². The smallest absolute Gasteiger partial charge is 0.246 e. The number of carbonyl (C=O) groups excluding carboxylic acids is 1. The largest absolute Gasteiger partial charge is 0.496 e. The lowest BCUT2D eigenvalue weighted by molar-refractivity contribution is -0.127. The fraction of sp³-hybridized carbons (Fsp3) is 0.276. The lowest BCUT2D eigenvalue weighted by Crippen LogP contribution is -2.47. The second kappa shape index (κ2) is 12.1. The molecule has 0 atom stereocenters. The predicted molar refractivity (Wildman–Crippen MR) is 141 cm³/mol. The van der Waals surface area contributed by atoms with Crippen LogP contribution in [-0.4, -0.2) is 49.0 Å². The number of halogens is 2. The average molecular weight is 509 g/mol. The summed E-state index contributed by atoms with van der Waals surface area (Å²) in [5.41, 5.74) is 3.46. The summed E-state index contributed by atoms with van der Waals surface area (Å²) in [4.78, 5) is 16.7. The van der Waals surface area contributed by atoms with E-state index in [9.17, 15) is 9.18 Å². The van der Waals surface area contributed by atoms with Crippen molar-refractivity contribution in [2.24, 2.45) is 0 Å². The summed E-state index contributed by atoms with van der Waals surface area (Å²) in [6, 6.07) is 18.4. The van der Waals surface area contributed by atoms with Gasteiger partial charge in [0.1, 0.15) is 23.9 Å². The Morgan fingerprint density at radius 2 is 1.81 bits per heavy atom. The van der Waals surface area contributed by atoms with Gasteiger partial charge >= 0.3 is 0 Å². The molecule has 1 aliphatic rings. The Morgan fingerprint density at radius 3 is 2.50 bits per heavy atom. The number of amides is 1. The molecule has 36 heavy (non-hydrogen) atoms. The third-order valence-electron chi connectivity index (χ3n) is 6.27. The summed E-state index contributed by atoms with van der Waals surface area (Å²) >= 11 is 6.16. The molecule has 4 rings (SSSR count). The number of piperazine rings is 1. The van der Waals surface area contributed by atoms with Gasteiger partial charge in [0.15, 0.2) is 0 Å². The van der Waals surface area contributed by atoms with E-state index in [-0.39, 0.29) is 11.7 Å². The number of methoxy groups -OCH3 is 1. The van der Waals surface area contributed by atoms with E-state index in [1.807, 2.05) is 55.5 Å². The highest BCUT2D eigenvalue weighted by molar-refractivity contribution is 6.31. The van der Waals surface area contributed by atoms with E-state index < -0.39 is 0 Å². The van der Waals surface area contributed by atoms with E-state index >= 15 is 0 Å². The first-order valence-electron chi connectivity index (χ1n) is 11.9. The van der Waals surface area contributed by atoms with Crippen LogP contribution in [0, 0.1) is 12.7 Å². The lowest BCUT2D eigenvalue weighted by Gasteiger charge is -2.34. The Bertz CT molecular complexity index is 1200.